The predicted molar refractivity (Wildman–Crippen MR) is 134 cm³/mol. The molecule has 0 bridgehead atoms. The molecule has 1 aliphatic heterocycles. The summed E-state index contributed by atoms with van der Waals surface area (Å²) in [6.45, 7) is 5.26. The molecule has 35 heavy (non-hydrogen) atoms. The van der Waals surface area contributed by atoms with Crippen LogP contribution in [0, 0.1) is 0 Å². The highest BCUT2D eigenvalue weighted by molar-refractivity contribution is 6.32. The summed E-state index contributed by atoms with van der Waals surface area (Å²) in [6.07, 6.45) is 11.5. The number of rotatable bonds is 7. The first kappa shape index (κ1) is 22.8. The van der Waals surface area contributed by atoms with E-state index >= 15 is 0 Å². The number of carbonyl (C=O) groups excluding carboxylic acids is 1. The second-order valence-corrected chi connectivity index (χ2v) is 8.66. The molecule has 0 atom stereocenters. The van der Waals surface area contributed by atoms with Gasteiger partial charge in [0.15, 0.2) is 0 Å². The molecule has 0 saturated carbocycles. The monoisotopic (exact) mass is 489 g/mol. The largest absolute Gasteiger partial charge is 0.486 e. The summed E-state index contributed by atoms with van der Waals surface area (Å²) in [5.41, 5.74) is 3.40. The Hall–Kier alpha value is -3.98. The minimum atomic E-state index is -0.0194. The molecule has 0 radical (unpaired) electrons. The number of benzene rings is 1. The zero-order valence-corrected chi connectivity index (χ0v) is 19.7. The standard InChI is InChI=1S/C25H24ClN7O2/c1-2-22(34)33-9-5-16(6-10-33)19-13-29-24-23(19)25(31-15-30-24)32-17-3-4-21(20(26)11-17)35-14-18-12-27-7-8-28-18/h2-4,7-8,11-13,15-16H,1,5-6,9-10,14H2,(H2,29,30,31,32). The van der Waals surface area contributed by atoms with Crippen LogP contribution in [-0.4, -0.2) is 48.8 Å². The SMILES string of the molecule is C=CC(=O)N1CCC(c2c[nH]c3ncnc(Nc4ccc(OCc5cnccn5)c(Cl)c4)c23)CC1. The quantitative estimate of drug-likeness (QED) is 0.365. The molecule has 1 saturated heterocycles. The zero-order chi connectivity index (χ0) is 24.2. The van der Waals surface area contributed by atoms with E-state index < -0.39 is 0 Å². The predicted octanol–water partition coefficient (Wildman–Crippen LogP) is 4.62. The van der Waals surface area contributed by atoms with Gasteiger partial charge in [-0.05, 0) is 48.6 Å². The van der Waals surface area contributed by atoms with Crippen molar-refractivity contribution >= 4 is 40.0 Å². The molecule has 1 aliphatic rings. The fourth-order valence-electron chi connectivity index (χ4n) is 4.33. The van der Waals surface area contributed by atoms with E-state index in [4.69, 9.17) is 16.3 Å². The molecular formula is C25H24ClN7O2. The lowest BCUT2D eigenvalue weighted by molar-refractivity contribution is -0.127. The molecule has 4 heterocycles. The number of ether oxygens (including phenoxy) is 1. The molecule has 3 aromatic heterocycles. The molecule has 0 spiro atoms. The number of aromatic nitrogens is 5. The summed E-state index contributed by atoms with van der Waals surface area (Å²) >= 11 is 6.48. The fraction of sp³-hybridized carbons (Fsp3) is 0.240. The Morgan fingerprint density at radius 1 is 1.26 bits per heavy atom. The molecule has 178 valence electrons. The summed E-state index contributed by atoms with van der Waals surface area (Å²) in [4.78, 5) is 34.2. The highest BCUT2D eigenvalue weighted by Crippen LogP contribution is 2.37. The van der Waals surface area contributed by atoms with Crippen LogP contribution in [0.1, 0.15) is 30.0 Å². The van der Waals surface area contributed by atoms with Gasteiger partial charge in [0, 0.05) is 37.4 Å². The first-order valence-electron chi connectivity index (χ1n) is 11.3. The van der Waals surface area contributed by atoms with Crippen molar-refractivity contribution in [2.45, 2.75) is 25.4 Å². The number of anilines is 2. The zero-order valence-electron chi connectivity index (χ0n) is 18.9. The number of hydrogen-bond donors (Lipinski definition) is 2. The van der Waals surface area contributed by atoms with Crippen molar-refractivity contribution in [1.82, 2.24) is 29.8 Å². The summed E-state index contributed by atoms with van der Waals surface area (Å²) in [7, 11) is 0. The molecule has 2 N–H and O–H groups in total. The van der Waals surface area contributed by atoms with Gasteiger partial charge in [-0.1, -0.05) is 18.2 Å². The van der Waals surface area contributed by atoms with Crippen molar-refractivity contribution in [3.8, 4) is 5.75 Å². The Labute approximate surface area is 207 Å². The Bertz CT molecular complexity index is 1350. The number of amides is 1. The van der Waals surface area contributed by atoms with Gasteiger partial charge < -0.3 is 19.9 Å². The van der Waals surface area contributed by atoms with E-state index in [1.807, 2.05) is 23.2 Å². The molecule has 1 aromatic carbocycles. The maximum absolute atomic E-state index is 11.9. The summed E-state index contributed by atoms with van der Waals surface area (Å²) in [6, 6.07) is 5.49. The molecule has 0 unspecified atom stereocenters. The van der Waals surface area contributed by atoms with E-state index in [1.165, 1.54) is 12.4 Å². The topological polar surface area (TPSA) is 109 Å². The van der Waals surface area contributed by atoms with Gasteiger partial charge in [0.05, 0.1) is 22.3 Å². The normalized spacial score (nSPS) is 14.1. The van der Waals surface area contributed by atoms with E-state index in [9.17, 15) is 4.79 Å². The van der Waals surface area contributed by atoms with E-state index in [-0.39, 0.29) is 12.5 Å². The number of H-pyrrole nitrogens is 1. The van der Waals surface area contributed by atoms with Gasteiger partial charge in [-0.3, -0.25) is 14.8 Å². The Balaban J connectivity index is 1.33. The first-order chi connectivity index (χ1) is 17.1. The van der Waals surface area contributed by atoms with Crippen LogP contribution in [0.2, 0.25) is 5.02 Å². The van der Waals surface area contributed by atoms with Crippen molar-refractivity contribution in [1.29, 1.82) is 0 Å². The fourth-order valence-corrected chi connectivity index (χ4v) is 4.57. The number of hydrogen-bond acceptors (Lipinski definition) is 7. The van der Waals surface area contributed by atoms with Crippen molar-refractivity contribution in [2.24, 2.45) is 0 Å². The highest BCUT2D eigenvalue weighted by atomic mass is 35.5. The van der Waals surface area contributed by atoms with Crippen LogP contribution in [0.5, 0.6) is 5.75 Å². The average Bonchev–Trinajstić information content (AvgIpc) is 3.34. The molecule has 0 aliphatic carbocycles. The van der Waals surface area contributed by atoms with E-state index in [1.54, 1.807) is 24.7 Å². The lowest BCUT2D eigenvalue weighted by Gasteiger charge is -2.31. The first-order valence-corrected chi connectivity index (χ1v) is 11.7. The Kier molecular flexibility index (Phi) is 6.58. The molecule has 1 fully saturated rings. The maximum atomic E-state index is 11.9. The smallest absolute Gasteiger partial charge is 0.245 e. The van der Waals surface area contributed by atoms with E-state index in [2.05, 4.69) is 36.8 Å². The summed E-state index contributed by atoms with van der Waals surface area (Å²) < 4.78 is 5.79. The van der Waals surface area contributed by atoms with E-state index in [0.29, 0.717) is 41.3 Å². The average molecular weight is 490 g/mol. The number of piperidine rings is 1. The van der Waals surface area contributed by atoms with E-state index in [0.717, 1.165) is 35.1 Å². The number of likely N-dealkylation sites (tertiary alicyclic amines) is 1. The van der Waals surface area contributed by atoms with Gasteiger partial charge in [-0.25, -0.2) is 9.97 Å². The number of nitrogens with zero attached hydrogens (tertiary/aromatic N) is 5. The molecule has 9 nitrogen and oxygen atoms in total. The van der Waals surface area contributed by atoms with Crippen molar-refractivity contribution in [2.75, 3.05) is 18.4 Å². The lowest BCUT2D eigenvalue weighted by atomic mass is 9.89. The minimum absolute atomic E-state index is 0.0194. The Morgan fingerprint density at radius 3 is 2.86 bits per heavy atom. The highest BCUT2D eigenvalue weighted by Gasteiger charge is 2.26. The van der Waals surface area contributed by atoms with Gasteiger partial charge in [0.2, 0.25) is 5.91 Å². The second kappa shape index (κ2) is 10.1. The van der Waals surface area contributed by atoms with Gasteiger partial charge in [0.25, 0.3) is 0 Å². The summed E-state index contributed by atoms with van der Waals surface area (Å²) in [5.74, 6) is 1.53. The number of carbonyl (C=O) groups is 1. The summed E-state index contributed by atoms with van der Waals surface area (Å²) in [5, 5.41) is 4.79. The van der Waals surface area contributed by atoms with Crippen LogP contribution in [0.3, 0.4) is 0 Å². The number of nitrogens with one attached hydrogen (secondary N) is 2. The molecule has 1 amide bonds. The van der Waals surface area contributed by atoms with Gasteiger partial charge >= 0.3 is 0 Å². The third-order valence-electron chi connectivity index (χ3n) is 6.11. The van der Waals surface area contributed by atoms with Crippen LogP contribution in [0.4, 0.5) is 11.5 Å². The minimum Gasteiger partial charge on any atom is -0.486 e. The van der Waals surface area contributed by atoms with Crippen LogP contribution in [-0.2, 0) is 11.4 Å². The van der Waals surface area contributed by atoms with Crippen molar-refractivity contribution in [3.63, 3.8) is 0 Å². The van der Waals surface area contributed by atoms with Gasteiger partial charge in [0.1, 0.15) is 30.1 Å². The second-order valence-electron chi connectivity index (χ2n) is 8.25. The van der Waals surface area contributed by atoms with Crippen LogP contribution < -0.4 is 10.1 Å². The van der Waals surface area contributed by atoms with Crippen molar-refractivity contribution in [3.05, 3.63) is 78.2 Å². The van der Waals surface area contributed by atoms with Crippen LogP contribution in [0.15, 0.2) is 62.0 Å². The number of fused-ring (bicyclic) bond motifs is 1. The van der Waals surface area contributed by atoms with Crippen LogP contribution in [0.25, 0.3) is 11.0 Å². The third-order valence-corrected chi connectivity index (χ3v) is 6.40. The van der Waals surface area contributed by atoms with Gasteiger partial charge in [-0.15, -0.1) is 0 Å². The Morgan fingerprint density at radius 2 is 2.11 bits per heavy atom. The third kappa shape index (κ3) is 4.95. The van der Waals surface area contributed by atoms with Crippen molar-refractivity contribution < 1.29 is 9.53 Å². The molecule has 4 aromatic rings. The molecular weight excluding hydrogens is 466 g/mol. The van der Waals surface area contributed by atoms with Gasteiger partial charge in [-0.2, -0.15) is 0 Å². The van der Waals surface area contributed by atoms with Crippen LogP contribution >= 0.6 is 11.6 Å². The number of halogens is 1. The maximum Gasteiger partial charge on any atom is 0.245 e. The lowest BCUT2D eigenvalue weighted by Crippen LogP contribution is -2.36. The number of aromatic amines is 1. The molecule has 10 heteroatoms. The molecule has 5 rings (SSSR count).